The number of H-pyrrole nitrogens is 1. The summed E-state index contributed by atoms with van der Waals surface area (Å²) in [6, 6.07) is 13.3. The van der Waals surface area contributed by atoms with Crippen LogP contribution < -0.4 is 10.9 Å². The van der Waals surface area contributed by atoms with Crippen molar-refractivity contribution in [2.75, 3.05) is 11.1 Å². The molecule has 32 heavy (non-hydrogen) atoms. The number of anilines is 1. The predicted molar refractivity (Wildman–Crippen MR) is 127 cm³/mol. The van der Waals surface area contributed by atoms with Crippen molar-refractivity contribution in [2.45, 2.75) is 26.1 Å². The number of carbonyl (C=O) groups is 1. The van der Waals surface area contributed by atoms with E-state index in [-0.39, 0.29) is 22.7 Å². The molecule has 10 heteroatoms. The highest BCUT2D eigenvalue weighted by atomic mass is 35.5. The van der Waals surface area contributed by atoms with Crippen LogP contribution in [0.15, 0.2) is 47.3 Å². The van der Waals surface area contributed by atoms with Crippen LogP contribution in [-0.2, 0) is 17.1 Å². The highest BCUT2D eigenvalue weighted by Crippen LogP contribution is 2.19. The lowest BCUT2D eigenvalue weighted by atomic mass is 10.1. The van der Waals surface area contributed by atoms with Crippen LogP contribution in [0.2, 0.25) is 5.02 Å². The summed E-state index contributed by atoms with van der Waals surface area (Å²) in [6.07, 6.45) is 0. The topological polar surface area (TPSA) is 106 Å². The molecule has 0 spiro atoms. The van der Waals surface area contributed by atoms with Crippen LogP contribution in [0.25, 0.3) is 11.2 Å². The SMILES string of the molecule is Cc1ccc(NC(=O)CSCc2nc3c(nnn3Cc3ccccc3Cl)c(=O)[nH]2)c(C)c1. The van der Waals surface area contributed by atoms with Crippen LogP contribution in [0.3, 0.4) is 0 Å². The van der Waals surface area contributed by atoms with Crippen LogP contribution in [0.4, 0.5) is 5.69 Å². The van der Waals surface area contributed by atoms with Crippen molar-refractivity contribution < 1.29 is 4.79 Å². The van der Waals surface area contributed by atoms with Crippen LogP contribution in [0.1, 0.15) is 22.5 Å². The van der Waals surface area contributed by atoms with E-state index >= 15 is 0 Å². The molecule has 2 aromatic heterocycles. The Hall–Kier alpha value is -3.17. The second kappa shape index (κ2) is 9.54. The van der Waals surface area contributed by atoms with Crippen LogP contribution >= 0.6 is 23.4 Å². The number of thioether (sulfide) groups is 1. The maximum atomic E-state index is 12.4. The molecule has 4 aromatic rings. The number of fused-ring (bicyclic) bond motifs is 1. The third-order valence-electron chi connectivity index (χ3n) is 4.83. The van der Waals surface area contributed by atoms with Gasteiger partial charge in [-0.1, -0.05) is 52.7 Å². The van der Waals surface area contributed by atoms with Gasteiger partial charge in [-0.3, -0.25) is 9.59 Å². The van der Waals surface area contributed by atoms with E-state index in [1.54, 1.807) is 10.7 Å². The molecule has 0 atom stereocenters. The first kappa shape index (κ1) is 22.0. The Bertz CT molecular complexity index is 1350. The van der Waals surface area contributed by atoms with E-state index in [1.807, 2.05) is 50.2 Å². The molecule has 0 aliphatic heterocycles. The molecule has 0 unspecified atom stereocenters. The van der Waals surface area contributed by atoms with Gasteiger partial charge in [-0.05, 0) is 37.1 Å². The molecule has 0 saturated heterocycles. The number of halogens is 1. The van der Waals surface area contributed by atoms with E-state index in [0.29, 0.717) is 28.8 Å². The Balaban J connectivity index is 1.43. The first-order valence-corrected chi connectivity index (χ1v) is 11.4. The second-order valence-corrected chi connectivity index (χ2v) is 8.78. The number of rotatable bonds is 7. The number of nitrogens with one attached hydrogen (secondary N) is 2. The van der Waals surface area contributed by atoms with E-state index in [9.17, 15) is 9.59 Å². The average Bonchev–Trinajstić information content (AvgIpc) is 3.15. The maximum Gasteiger partial charge on any atom is 0.281 e. The molecule has 0 saturated carbocycles. The van der Waals surface area contributed by atoms with Crippen molar-refractivity contribution in [3.8, 4) is 0 Å². The average molecular weight is 469 g/mol. The van der Waals surface area contributed by atoms with Gasteiger partial charge in [0.1, 0.15) is 5.82 Å². The first-order valence-electron chi connectivity index (χ1n) is 9.91. The fourth-order valence-corrected chi connectivity index (χ4v) is 4.14. The minimum Gasteiger partial charge on any atom is -0.325 e. The molecular formula is C22H21ClN6O2S. The Morgan fingerprint density at radius 3 is 2.81 bits per heavy atom. The van der Waals surface area contributed by atoms with Crippen LogP contribution in [0, 0.1) is 13.8 Å². The molecule has 0 aliphatic carbocycles. The van der Waals surface area contributed by atoms with E-state index < -0.39 is 0 Å². The zero-order valence-corrected chi connectivity index (χ0v) is 19.1. The Labute approximate surface area is 193 Å². The minimum absolute atomic E-state index is 0.115. The van der Waals surface area contributed by atoms with Crippen LogP contribution in [0.5, 0.6) is 0 Å². The van der Waals surface area contributed by atoms with E-state index in [2.05, 4.69) is 25.6 Å². The monoisotopic (exact) mass is 468 g/mol. The number of amides is 1. The van der Waals surface area contributed by atoms with Crippen molar-refractivity contribution in [3.63, 3.8) is 0 Å². The Morgan fingerprint density at radius 2 is 2.03 bits per heavy atom. The zero-order chi connectivity index (χ0) is 22.7. The molecule has 0 aliphatic rings. The highest BCUT2D eigenvalue weighted by molar-refractivity contribution is 7.99. The fourth-order valence-electron chi connectivity index (χ4n) is 3.26. The normalized spacial score (nSPS) is 11.1. The summed E-state index contributed by atoms with van der Waals surface area (Å²) in [6.45, 7) is 4.31. The molecule has 2 heterocycles. The molecular weight excluding hydrogens is 448 g/mol. The van der Waals surface area contributed by atoms with Gasteiger partial charge in [-0.25, -0.2) is 9.67 Å². The highest BCUT2D eigenvalue weighted by Gasteiger charge is 2.14. The lowest BCUT2D eigenvalue weighted by Gasteiger charge is -2.09. The van der Waals surface area contributed by atoms with Crippen molar-refractivity contribution in [2.24, 2.45) is 0 Å². The number of carbonyl (C=O) groups excluding carboxylic acids is 1. The standard InChI is InChI=1S/C22H21ClN6O2S/c1-13-7-8-17(14(2)9-13)24-19(30)12-32-11-18-25-21-20(22(31)26-18)27-28-29(21)10-15-5-3-4-6-16(15)23/h3-9H,10-12H2,1-2H3,(H,24,30)(H,25,26,31). The summed E-state index contributed by atoms with van der Waals surface area (Å²) < 4.78 is 1.55. The summed E-state index contributed by atoms with van der Waals surface area (Å²) in [4.78, 5) is 31.9. The summed E-state index contributed by atoms with van der Waals surface area (Å²) >= 11 is 7.60. The van der Waals surface area contributed by atoms with Gasteiger partial charge in [0.05, 0.1) is 18.1 Å². The molecule has 2 aromatic carbocycles. The molecule has 8 nitrogen and oxygen atoms in total. The van der Waals surface area contributed by atoms with Gasteiger partial charge in [0.2, 0.25) is 5.91 Å². The smallest absolute Gasteiger partial charge is 0.281 e. The first-order chi connectivity index (χ1) is 15.4. The Morgan fingerprint density at radius 1 is 1.22 bits per heavy atom. The number of benzene rings is 2. The van der Waals surface area contributed by atoms with Gasteiger partial charge in [0.25, 0.3) is 5.56 Å². The van der Waals surface area contributed by atoms with Crippen molar-refractivity contribution in [1.29, 1.82) is 0 Å². The summed E-state index contributed by atoms with van der Waals surface area (Å²) in [5.41, 5.74) is 3.98. The molecule has 2 N–H and O–H groups in total. The van der Waals surface area contributed by atoms with E-state index in [4.69, 9.17) is 11.6 Å². The number of aromatic amines is 1. The van der Waals surface area contributed by atoms with Gasteiger partial charge < -0.3 is 10.3 Å². The predicted octanol–water partition coefficient (Wildman–Crippen LogP) is 3.71. The third kappa shape index (κ3) is 5.00. The quantitative estimate of drug-likeness (QED) is 0.428. The Kier molecular flexibility index (Phi) is 6.57. The fraction of sp³-hybridized carbons (Fsp3) is 0.227. The van der Waals surface area contributed by atoms with Crippen molar-refractivity contribution in [1.82, 2.24) is 25.0 Å². The summed E-state index contributed by atoms with van der Waals surface area (Å²) in [7, 11) is 0. The minimum atomic E-state index is -0.365. The number of aryl methyl sites for hydroxylation is 2. The lowest BCUT2D eigenvalue weighted by molar-refractivity contribution is -0.113. The molecule has 0 radical (unpaired) electrons. The van der Waals surface area contributed by atoms with E-state index in [1.165, 1.54) is 11.8 Å². The number of nitrogens with zero attached hydrogens (tertiary/aromatic N) is 4. The molecule has 1 amide bonds. The molecule has 0 fully saturated rings. The van der Waals surface area contributed by atoms with Gasteiger partial charge in [0, 0.05) is 10.7 Å². The summed E-state index contributed by atoms with van der Waals surface area (Å²) in [5.74, 6) is 0.930. The zero-order valence-electron chi connectivity index (χ0n) is 17.6. The van der Waals surface area contributed by atoms with Gasteiger partial charge in [0.15, 0.2) is 11.2 Å². The van der Waals surface area contributed by atoms with Gasteiger partial charge in [-0.15, -0.1) is 16.9 Å². The third-order valence-corrected chi connectivity index (χ3v) is 6.14. The largest absolute Gasteiger partial charge is 0.325 e. The van der Waals surface area contributed by atoms with E-state index in [0.717, 1.165) is 22.4 Å². The second-order valence-electron chi connectivity index (χ2n) is 7.38. The van der Waals surface area contributed by atoms with Gasteiger partial charge >= 0.3 is 0 Å². The number of aromatic nitrogens is 5. The van der Waals surface area contributed by atoms with Crippen LogP contribution in [-0.4, -0.2) is 36.6 Å². The lowest BCUT2D eigenvalue weighted by Crippen LogP contribution is -2.16. The molecule has 0 bridgehead atoms. The number of hydrogen-bond acceptors (Lipinski definition) is 6. The maximum absolute atomic E-state index is 12.4. The number of hydrogen-bond donors (Lipinski definition) is 2. The van der Waals surface area contributed by atoms with Crippen molar-refractivity contribution >= 4 is 46.1 Å². The van der Waals surface area contributed by atoms with Gasteiger partial charge in [-0.2, -0.15) is 0 Å². The van der Waals surface area contributed by atoms with Crippen molar-refractivity contribution in [3.05, 3.63) is 80.4 Å². The molecule has 4 rings (SSSR count). The summed E-state index contributed by atoms with van der Waals surface area (Å²) in [5, 5.41) is 11.5. The molecule has 164 valence electrons.